The van der Waals surface area contributed by atoms with Crippen LogP contribution < -0.4 is 0 Å². The Morgan fingerprint density at radius 3 is 2.68 bits per heavy atom. The first-order chi connectivity index (χ1) is 8.99. The van der Waals surface area contributed by atoms with Crippen molar-refractivity contribution >= 4 is 23.8 Å². The van der Waals surface area contributed by atoms with E-state index < -0.39 is 11.9 Å². The Hall–Kier alpha value is -0.910. The number of hydrogen-bond acceptors (Lipinski definition) is 3. The summed E-state index contributed by atoms with van der Waals surface area (Å²) in [6, 6.07) is -0.0191. The van der Waals surface area contributed by atoms with Gasteiger partial charge in [0.15, 0.2) is 0 Å². The van der Waals surface area contributed by atoms with Gasteiger partial charge in [0.1, 0.15) is 0 Å². The summed E-state index contributed by atoms with van der Waals surface area (Å²) < 4.78 is 0. The fraction of sp³-hybridized carbons (Fsp3) is 0.846. The number of urea groups is 1. The minimum atomic E-state index is -0.855. The van der Waals surface area contributed by atoms with Crippen molar-refractivity contribution in [3.63, 3.8) is 0 Å². The predicted octanol–water partition coefficient (Wildman–Crippen LogP) is 1.98. The van der Waals surface area contributed by atoms with Crippen LogP contribution in [-0.2, 0) is 4.79 Å². The highest BCUT2D eigenvalue weighted by Gasteiger charge is 2.27. The summed E-state index contributed by atoms with van der Waals surface area (Å²) in [7, 11) is 0. The average molecular weight is 288 g/mol. The fourth-order valence-corrected chi connectivity index (χ4v) is 3.27. The lowest BCUT2D eigenvalue weighted by Crippen LogP contribution is -2.50. The molecule has 5 nitrogen and oxygen atoms in total. The average Bonchev–Trinajstić information content (AvgIpc) is 2.43. The van der Waals surface area contributed by atoms with Crippen LogP contribution in [-0.4, -0.2) is 64.1 Å². The maximum absolute atomic E-state index is 12.4. The first-order valence-corrected chi connectivity index (χ1v) is 7.92. The SMILES string of the molecule is CCC1CN(C(=O)N(CC)CC(C)C(=O)O)CCS1. The molecular weight excluding hydrogens is 264 g/mol. The molecule has 0 aromatic rings. The van der Waals surface area contributed by atoms with Crippen LogP contribution >= 0.6 is 11.8 Å². The third-order valence-corrected chi connectivity index (χ3v) is 4.80. The van der Waals surface area contributed by atoms with E-state index in [2.05, 4.69) is 6.92 Å². The number of aliphatic carboxylic acids is 1. The number of carbonyl (C=O) groups excluding carboxylic acids is 1. The molecule has 1 fully saturated rings. The third-order valence-electron chi connectivity index (χ3n) is 3.43. The lowest BCUT2D eigenvalue weighted by molar-refractivity contribution is -0.141. The molecule has 1 aliphatic rings. The number of carbonyl (C=O) groups is 2. The molecule has 110 valence electrons. The van der Waals surface area contributed by atoms with Gasteiger partial charge in [-0.1, -0.05) is 13.8 Å². The molecule has 0 spiro atoms. The largest absolute Gasteiger partial charge is 0.481 e. The predicted molar refractivity (Wildman–Crippen MR) is 77.6 cm³/mol. The first kappa shape index (κ1) is 16.1. The Bertz CT molecular complexity index is 325. The van der Waals surface area contributed by atoms with E-state index in [4.69, 9.17) is 5.11 Å². The van der Waals surface area contributed by atoms with Gasteiger partial charge >= 0.3 is 12.0 Å². The molecule has 0 aromatic carbocycles. The molecular formula is C13H24N2O3S. The van der Waals surface area contributed by atoms with E-state index in [1.165, 1.54) is 0 Å². The molecule has 0 aliphatic carbocycles. The molecule has 0 radical (unpaired) electrons. The van der Waals surface area contributed by atoms with Gasteiger partial charge in [-0.25, -0.2) is 4.79 Å². The van der Waals surface area contributed by atoms with Crippen LogP contribution in [0.4, 0.5) is 4.79 Å². The number of carboxylic acids is 1. The number of amides is 2. The van der Waals surface area contributed by atoms with Crippen molar-refractivity contribution in [2.75, 3.05) is 31.9 Å². The van der Waals surface area contributed by atoms with Crippen molar-refractivity contribution in [3.8, 4) is 0 Å². The second-order valence-corrected chi connectivity index (χ2v) is 6.32. The number of rotatable bonds is 5. The van der Waals surface area contributed by atoms with Crippen molar-refractivity contribution in [1.29, 1.82) is 0 Å². The van der Waals surface area contributed by atoms with E-state index in [0.29, 0.717) is 11.8 Å². The smallest absolute Gasteiger partial charge is 0.320 e. The number of thioether (sulfide) groups is 1. The summed E-state index contributed by atoms with van der Waals surface area (Å²) >= 11 is 1.92. The van der Waals surface area contributed by atoms with Crippen LogP contribution in [0.15, 0.2) is 0 Å². The van der Waals surface area contributed by atoms with E-state index in [-0.39, 0.29) is 12.6 Å². The second-order valence-electron chi connectivity index (χ2n) is 4.91. The van der Waals surface area contributed by atoms with Crippen LogP contribution in [0.25, 0.3) is 0 Å². The zero-order chi connectivity index (χ0) is 14.4. The Kier molecular flexibility index (Phi) is 6.48. The van der Waals surface area contributed by atoms with E-state index in [1.54, 1.807) is 11.8 Å². The number of nitrogens with zero attached hydrogens (tertiary/aromatic N) is 2. The highest BCUT2D eigenvalue weighted by molar-refractivity contribution is 8.00. The first-order valence-electron chi connectivity index (χ1n) is 6.87. The summed E-state index contributed by atoms with van der Waals surface area (Å²) in [6.45, 7) is 8.04. The van der Waals surface area contributed by atoms with Crippen molar-refractivity contribution in [3.05, 3.63) is 0 Å². The molecule has 0 aromatic heterocycles. The molecule has 6 heteroatoms. The van der Waals surface area contributed by atoms with Crippen molar-refractivity contribution in [2.24, 2.45) is 5.92 Å². The highest BCUT2D eigenvalue weighted by atomic mass is 32.2. The van der Waals surface area contributed by atoms with Gasteiger partial charge in [0.25, 0.3) is 0 Å². The Balaban J connectivity index is 2.59. The molecule has 2 amide bonds. The molecule has 2 unspecified atom stereocenters. The normalized spacial score (nSPS) is 21.0. The van der Waals surface area contributed by atoms with Gasteiger partial charge in [-0.15, -0.1) is 0 Å². The molecule has 2 atom stereocenters. The van der Waals surface area contributed by atoms with E-state index in [9.17, 15) is 9.59 Å². The monoisotopic (exact) mass is 288 g/mol. The van der Waals surface area contributed by atoms with Gasteiger partial charge in [-0.05, 0) is 13.3 Å². The van der Waals surface area contributed by atoms with E-state index in [0.717, 1.165) is 25.3 Å². The number of hydrogen-bond donors (Lipinski definition) is 1. The molecule has 19 heavy (non-hydrogen) atoms. The fourth-order valence-electron chi connectivity index (χ4n) is 2.09. The molecule has 1 saturated heterocycles. The summed E-state index contributed by atoms with van der Waals surface area (Å²) in [4.78, 5) is 26.8. The number of carboxylic acid groups (broad SMARTS) is 1. The third kappa shape index (κ3) is 4.60. The Morgan fingerprint density at radius 1 is 1.47 bits per heavy atom. The summed E-state index contributed by atoms with van der Waals surface area (Å²) in [6.07, 6.45) is 1.06. The highest BCUT2D eigenvalue weighted by Crippen LogP contribution is 2.22. The molecule has 1 aliphatic heterocycles. The molecule has 0 bridgehead atoms. The van der Waals surface area contributed by atoms with Crippen LogP contribution in [0.3, 0.4) is 0 Å². The minimum Gasteiger partial charge on any atom is -0.481 e. The van der Waals surface area contributed by atoms with Crippen LogP contribution in [0, 0.1) is 5.92 Å². The maximum Gasteiger partial charge on any atom is 0.320 e. The van der Waals surface area contributed by atoms with Crippen molar-refractivity contribution < 1.29 is 14.7 Å². The zero-order valence-electron chi connectivity index (χ0n) is 12.0. The van der Waals surface area contributed by atoms with Crippen molar-refractivity contribution in [1.82, 2.24) is 9.80 Å². The van der Waals surface area contributed by atoms with Crippen LogP contribution in [0.5, 0.6) is 0 Å². The lowest BCUT2D eigenvalue weighted by Gasteiger charge is -2.36. The van der Waals surface area contributed by atoms with Crippen molar-refractivity contribution in [2.45, 2.75) is 32.4 Å². The quantitative estimate of drug-likeness (QED) is 0.840. The molecule has 1 N–H and O–H groups in total. The summed E-state index contributed by atoms with van der Waals surface area (Å²) in [5.41, 5.74) is 0. The molecule has 1 heterocycles. The zero-order valence-corrected chi connectivity index (χ0v) is 12.8. The lowest BCUT2D eigenvalue weighted by atomic mass is 10.2. The van der Waals surface area contributed by atoms with Crippen LogP contribution in [0.1, 0.15) is 27.2 Å². The van der Waals surface area contributed by atoms with Gasteiger partial charge in [0, 0.05) is 37.2 Å². The topological polar surface area (TPSA) is 60.9 Å². The molecule has 0 saturated carbocycles. The van der Waals surface area contributed by atoms with Crippen LogP contribution in [0.2, 0.25) is 0 Å². The van der Waals surface area contributed by atoms with Gasteiger partial charge in [0.2, 0.25) is 0 Å². The minimum absolute atomic E-state index is 0.0191. The summed E-state index contributed by atoms with van der Waals surface area (Å²) in [5, 5.41) is 9.45. The van der Waals surface area contributed by atoms with Gasteiger partial charge in [0.05, 0.1) is 5.92 Å². The van der Waals surface area contributed by atoms with E-state index in [1.807, 2.05) is 23.6 Å². The Morgan fingerprint density at radius 2 is 2.16 bits per heavy atom. The van der Waals surface area contributed by atoms with Gasteiger partial charge < -0.3 is 14.9 Å². The second kappa shape index (κ2) is 7.62. The maximum atomic E-state index is 12.4. The Labute approximate surface area is 119 Å². The van der Waals surface area contributed by atoms with E-state index >= 15 is 0 Å². The van der Waals surface area contributed by atoms with Gasteiger partial charge in [-0.3, -0.25) is 4.79 Å². The standard InChI is InChI=1S/C13H24N2O3S/c1-4-11-9-15(6-7-19-11)13(18)14(5-2)8-10(3)12(16)17/h10-11H,4-9H2,1-3H3,(H,16,17). The molecule has 1 rings (SSSR count). The summed E-state index contributed by atoms with van der Waals surface area (Å²) in [5.74, 6) is -0.409. The van der Waals surface area contributed by atoms with Gasteiger partial charge in [-0.2, -0.15) is 11.8 Å².